The van der Waals surface area contributed by atoms with Crippen molar-refractivity contribution < 1.29 is 9.18 Å². The second-order valence-corrected chi connectivity index (χ2v) is 7.27. The fraction of sp³-hybridized carbons (Fsp3) is 0.217. The zero-order chi connectivity index (χ0) is 20.1. The summed E-state index contributed by atoms with van der Waals surface area (Å²) >= 11 is 0. The molecule has 0 aromatic heterocycles. The topological polar surface area (TPSA) is 64.9 Å². The van der Waals surface area contributed by atoms with Crippen LogP contribution in [0.1, 0.15) is 19.4 Å². The van der Waals surface area contributed by atoms with E-state index in [1.165, 1.54) is 29.8 Å². The van der Waals surface area contributed by atoms with E-state index >= 15 is 0 Å². The molecule has 5 heteroatoms. The maximum absolute atomic E-state index is 13.7. The summed E-state index contributed by atoms with van der Waals surface area (Å²) in [6.45, 7) is 5.13. The van der Waals surface area contributed by atoms with Gasteiger partial charge in [-0.25, -0.2) is 4.39 Å². The van der Waals surface area contributed by atoms with Gasteiger partial charge in [-0.1, -0.05) is 56.3 Å². The Balaban J connectivity index is 1.74. The highest BCUT2D eigenvalue weighted by atomic mass is 19.1. The van der Waals surface area contributed by atoms with Crippen LogP contribution in [0.3, 0.4) is 0 Å². The van der Waals surface area contributed by atoms with Gasteiger partial charge in [0.2, 0.25) is 0 Å². The van der Waals surface area contributed by atoms with Crippen LogP contribution in [0.15, 0.2) is 72.3 Å². The first-order valence-electron chi connectivity index (χ1n) is 9.11. The Morgan fingerprint density at radius 1 is 1.25 bits per heavy atom. The third-order valence-corrected chi connectivity index (χ3v) is 5.15. The van der Waals surface area contributed by atoms with Gasteiger partial charge in [0.05, 0.1) is 5.69 Å². The van der Waals surface area contributed by atoms with Gasteiger partial charge < -0.3 is 10.6 Å². The van der Waals surface area contributed by atoms with E-state index in [2.05, 4.69) is 36.6 Å². The second kappa shape index (κ2) is 8.10. The third kappa shape index (κ3) is 3.96. The number of fused-ring (bicyclic) bond motifs is 1. The molecule has 1 aliphatic heterocycles. The first-order valence-corrected chi connectivity index (χ1v) is 9.11. The number of halogens is 1. The number of carbonyl (C=O) groups excluding carboxylic acids is 1. The van der Waals surface area contributed by atoms with E-state index in [4.69, 9.17) is 0 Å². The second-order valence-electron chi connectivity index (χ2n) is 7.27. The van der Waals surface area contributed by atoms with Gasteiger partial charge in [0.1, 0.15) is 17.5 Å². The van der Waals surface area contributed by atoms with E-state index in [9.17, 15) is 14.4 Å². The fourth-order valence-electron chi connectivity index (χ4n) is 3.38. The number of hydrogen-bond acceptors (Lipinski definition) is 3. The van der Waals surface area contributed by atoms with E-state index in [0.717, 1.165) is 12.2 Å². The maximum Gasteiger partial charge on any atom is 0.266 e. The smallest absolute Gasteiger partial charge is 0.266 e. The highest BCUT2D eigenvalue weighted by molar-refractivity contribution is 6.06. The average molecular weight is 375 g/mol. The molecule has 2 N–H and O–H groups in total. The summed E-state index contributed by atoms with van der Waals surface area (Å²) in [6.07, 6.45) is 5.19. The van der Waals surface area contributed by atoms with E-state index < -0.39 is 11.7 Å². The minimum absolute atomic E-state index is 0.0480. The molecule has 142 valence electrons. The Hall–Kier alpha value is -3.39. The molecule has 2 aromatic rings. The molecule has 0 fully saturated rings. The van der Waals surface area contributed by atoms with Crippen molar-refractivity contribution in [1.29, 1.82) is 5.26 Å². The zero-order valence-electron chi connectivity index (χ0n) is 15.9. The van der Waals surface area contributed by atoms with Crippen molar-refractivity contribution in [3.8, 4) is 6.07 Å². The Labute approximate surface area is 164 Å². The van der Waals surface area contributed by atoms with E-state index in [1.807, 2.05) is 24.3 Å². The summed E-state index contributed by atoms with van der Waals surface area (Å²) in [7, 11) is 0. The monoisotopic (exact) mass is 375 g/mol. The molecule has 1 unspecified atom stereocenters. The summed E-state index contributed by atoms with van der Waals surface area (Å²) in [5, 5.41) is 15.1. The van der Waals surface area contributed by atoms with Gasteiger partial charge in [-0.2, -0.15) is 5.26 Å². The third-order valence-electron chi connectivity index (χ3n) is 5.15. The van der Waals surface area contributed by atoms with Gasteiger partial charge in [0.15, 0.2) is 0 Å². The minimum atomic E-state index is -0.636. The van der Waals surface area contributed by atoms with Crippen LogP contribution in [0.4, 0.5) is 15.8 Å². The minimum Gasteiger partial charge on any atom is -0.384 e. The highest BCUT2D eigenvalue weighted by Crippen LogP contribution is 2.40. The summed E-state index contributed by atoms with van der Waals surface area (Å²) < 4.78 is 13.7. The normalized spacial score (nSPS) is 18.1. The van der Waals surface area contributed by atoms with Gasteiger partial charge in [0, 0.05) is 18.2 Å². The van der Waals surface area contributed by atoms with Gasteiger partial charge in [0.25, 0.3) is 5.91 Å². The molecule has 3 rings (SSSR count). The number of rotatable bonds is 4. The number of nitriles is 1. The van der Waals surface area contributed by atoms with Gasteiger partial charge in [-0.05, 0) is 35.3 Å². The molecule has 0 bridgehead atoms. The van der Waals surface area contributed by atoms with Crippen LogP contribution in [-0.2, 0) is 10.2 Å². The Bertz CT molecular complexity index is 985. The average Bonchev–Trinajstić information content (AvgIpc) is 2.68. The molecular formula is C23H22FN3O. The van der Waals surface area contributed by atoms with Gasteiger partial charge in [-0.3, -0.25) is 4.79 Å². The molecule has 2 aromatic carbocycles. The maximum atomic E-state index is 13.7. The number of benzene rings is 2. The fourth-order valence-corrected chi connectivity index (χ4v) is 3.38. The predicted molar refractivity (Wildman–Crippen MR) is 109 cm³/mol. The first kappa shape index (κ1) is 19.4. The lowest BCUT2D eigenvalue weighted by Crippen LogP contribution is -2.37. The van der Waals surface area contributed by atoms with Crippen LogP contribution in [-0.4, -0.2) is 12.5 Å². The SMILES string of the molecule is CC1(C)c2ccccc2NCC1/C=C/C=C(\C#N)C(=O)Nc1ccccc1F. The van der Waals surface area contributed by atoms with Crippen LogP contribution in [0, 0.1) is 23.1 Å². The van der Waals surface area contributed by atoms with E-state index in [0.29, 0.717) is 0 Å². The van der Waals surface area contributed by atoms with Crippen LogP contribution >= 0.6 is 0 Å². The number of nitrogens with zero attached hydrogens (tertiary/aromatic N) is 1. The molecule has 1 atom stereocenters. The number of allylic oxidation sites excluding steroid dienone is 2. The zero-order valence-corrected chi connectivity index (χ0v) is 15.9. The first-order chi connectivity index (χ1) is 13.4. The van der Waals surface area contributed by atoms with Crippen molar-refractivity contribution in [3.63, 3.8) is 0 Å². The van der Waals surface area contributed by atoms with Crippen molar-refractivity contribution >= 4 is 17.3 Å². The lowest BCUT2D eigenvalue weighted by Gasteiger charge is -2.39. The van der Waals surface area contributed by atoms with Crippen molar-refractivity contribution in [1.82, 2.24) is 0 Å². The number of carbonyl (C=O) groups is 1. The quantitative estimate of drug-likeness (QED) is 0.459. The molecule has 0 aliphatic carbocycles. The van der Waals surface area contributed by atoms with Gasteiger partial charge in [-0.15, -0.1) is 0 Å². The molecule has 1 heterocycles. The van der Waals surface area contributed by atoms with Crippen molar-refractivity contribution in [2.45, 2.75) is 19.3 Å². The summed E-state index contributed by atoms with van der Waals surface area (Å²) in [5.74, 6) is -0.991. The van der Waals surface area contributed by atoms with Crippen molar-refractivity contribution in [2.75, 3.05) is 17.2 Å². The Morgan fingerprint density at radius 2 is 1.96 bits per heavy atom. The lowest BCUT2D eigenvalue weighted by molar-refractivity contribution is -0.112. The predicted octanol–water partition coefficient (Wildman–Crippen LogP) is 4.79. The molecule has 0 radical (unpaired) electrons. The van der Waals surface area contributed by atoms with E-state index in [1.54, 1.807) is 12.1 Å². The lowest BCUT2D eigenvalue weighted by atomic mass is 9.70. The molecule has 1 amide bonds. The largest absolute Gasteiger partial charge is 0.384 e. The summed E-state index contributed by atoms with van der Waals surface area (Å²) in [5.41, 5.74) is 2.25. The number of nitrogens with one attached hydrogen (secondary N) is 2. The Morgan fingerprint density at radius 3 is 2.71 bits per heavy atom. The van der Waals surface area contributed by atoms with Crippen LogP contribution in [0.5, 0.6) is 0 Å². The van der Waals surface area contributed by atoms with Crippen LogP contribution in [0.25, 0.3) is 0 Å². The van der Waals surface area contributed by atoms with Crippen LogP contribution < -0.4 is 10.6 Å². The standard InChI is InChI=1S/C23H22FN3O/c1-23(2)17(15-26-20-12-5-3-10-18(20)23)9-7-8-16(14-25)22(28)27-21-13-6-4-11-19(21)24/h3-13,17,26H,15H2,1-2H3,(H,27,28)/b9-7+,16-8+. The number of amides is 1. The van der Waals surface area contributed by atoms with Crippen molar-refractivity contribution in [2.24, 2.45) is 5.92 Å². The van der Waals surface area contributed by atoms with Crippen molar-refractivity contribution in [3.05, 3.63) is 83.7 Å². The molecular weight excluding hydrogens is 353 g/mol. The Kier molecular flexibility index (Phi) is 5.60. The van der Waals surface area contributed by atoms with E-state index in [-0.39, 0.29) is 22.6 Å². The molecule has 0 saturated heterocycles. The summed E-state index contributed by atoms with van der Waals surface area (Å²) in [6, 6.07) is 15.9. The summed E-state index contributed by atoms with van der Waals surface area (Å²) in [4.78, 5) is 12.3. The van der Waals surface area contributed by atoms with Gasteiger partial charge >= 0.3 is 0 Å². The number of anilines is 2. The number of hydrogen-bond donors (Lipinski definition) is 2. The molecule has 28 heavy (non-hydrogen) atoms. The highest BCUT2D eigenvalue weighted by Gasteiger charge is 2.34. The van der Waals surface area contributed by atoms with Crippen LogP contribution in [0.2, 0.25) is 0 Å². The molecule has 0 saturated carbocycles. The molecule has 4 nitrogen and oxygen atoms in total. The molecule has 1 aliphatic rings. The molecule has 0 spiro atoms. The number of para-hydroxylation sites is 2.